The van der Waals surface area contributed by atoms with E-state index in [0.29, 0.717) is 23.5 Å². The van der Waals surface area contributed by atoms with Gasteiger partial charge in [-0.2, -0.15) is 0 Å². The van der Waals surface area contributed by atoms with Crippen molar-refractivity contribution in [1.82, 2.24) is 10.9 Å². The molecule has 2 amide bonds. The number of carbonyl (C=O) groups is 3. The number of carbonyl (C=O) groups excluding carboxylic acids is 3. The summed E-state index contributed by atoms with van der Waals surface area (Å²) in [4.78, 5) is 34.9. The first-order valence-corrected chi connectivity index (χ1v) is 9.10. The van der Waals surface area contributed by atoms with Crippen LogP contribution >= 0.6 is 27.3 Å². The average molecular weight is 425 g/mol. The van der Waals surface area contributed by atoms with E-state index in [1.807, 2.05) is 12.1 Å². The summed E-state index contributed by atoms with van der Waals surface area (Å²) in [6, 6.07) is 10.6. The van der Waals surface area contributed by atoms with Crippen LogP contribution in [0.25, 0.3) is 0 Å². The van der Waals surface area contributed by atoms with E-state index in [1.54, 1.807) is 31.2 Å². The number of aryl methyl sites for hydroxylation is 1. The quantitative estimate of drug-likeness (QED) is 0.669. The summed E-state index contributed by atoms with van der Waals surface area (Å²) in [6.07, 6.45) is 1.18. The van der Waals surface area contributed by atoms with Crippen molar-refractivity contribution in [2.24, 2.45) is 0 Å². The van der Waals surface area contributed by atoms with Crippen molar-refractivity contribution in [2.75, 3.05) is 6.61 Å². The molecule has 0 saturated carbocycles. The van der Waals surface area contributed by atoms with Gasteiger partial charge in [0.05, 0.1) is 8.66 Å². The number of benzene rings is 1. The van der Waals surface area contributed by atoms with Crippen molar-refractivity contribution in [3.05, 3.63) is 50.6 Å². The molecular weight excluding hydrogens is 408 g/mol. The van der Waals surface area contributed by atoms with Crippen molar-refractivity contribution in [3.63, 3.8) is 0 Å². The summed E-state index contributed by atoms with van der Waals surface area (Å²) in [5.74, 6) is -0.173. The molecule has 0 saturated heterocycles. The number of rotatable bonds is 7. The minimum absolute atomic E-state index is 0.147. The van der Waals surface area contributed by atoms with Gasteiger partial charge in [-0.1, -0.05) is 12.1 Å². The van der Waals surface area contributed by atoms with Gasteiger partial charge in [-0.15, -0.1) is 11.3 Å². The molecule has 0 radical (unpaired) electrons. The molecule has 0 spiro atoms. The van der Waals surface area contributed by atoms with Crippen molar-refractivity contribution < 1.29 is 19.1 Å². The van der Waals surface area contributed by atoms with E-state index < -0.39 is 5.91 Å². The van der Waals surface area contributed by atoms with Gasteiger partial charge in [0.2, 0.25) is 0 Å². The lowest BCUT2D eigenvalue weighted by molar-refractivity contribution is -0.123. The van der Waals surface area contributed by atoms with E-state index in [0.717, 1.165) is 9.35 Å². The molecule has 1 aromatic heterocycles. The Morgan fingerprint density at radius 3 is 2.40 bits per heavy atom. The highest BCUT2D eigenvalue weighted by Crippen LogP contribution is 2.21. The maximum Gasteiger partial charge on any atom is 0.279 e. The van der Waals surface area contributed by atoms with Crippen LogP contribution < -0.4 is 15.6 Å². The van der Waals surface area contributed by atoms with Gasteiger partial charge in [-0.3, -0.25) is 20.4 Å². The van der Waals surface area contributed by atoms with Gasteiger partial charge < -0.3 is 9.53 Å². The SMILES string of the molecule is CC(=O)CCc1ccc(OCC(=O)NNC(=O)c2ccc(Br)s2)cc1. The van der Waals surface area contributed by atoms with Crippen LogP contribution in [0.4, 0.5) is 0 Å². The molecule has 0 aliphatic rings. The highest BCUT2D eigenvalue weighted by molar-refractivity contribution is 9.11. The van der Waals surface area contributed by atoms with Crippen molar-refractivity contribution in [1.29, 1.82) is 0 Å². The van der Waals surface area contributed by atoms with Gasteiger partial charge in [0.15, 0.2) is 6.61 Å². The van der Waals surface area contributed by atoms with E-state index in [9.17, 15) is 14.4 Å². The van der Waals surface area contributed by atoms with Gasteiger partial charge in [-0.25, -0.2) is 0 Å². The van der Waals surface area contributed by atoms with E-state index in [4.69, 9.17) is 4.74 Å². The van der Waals surface area contributed by atoms with Crippen LogP contribution in [0.15, 0.2) is 40.2 Å². The molecule has 2 N–H and O–H groups in total. The number of hydrazine groups is 1. The van der Waals surface area contributed by atoms with Crippen molar-refractivity contribution >= 4 is 44.9 Å². The molecule has 0 unspecified atom stereocenters. The third-order valence-electron chi connectivity index (χ3n) is 3.17. The zero-order valence-electron chi connectivity index (χ0n) is 13.5. The molecule has 8 heteroatoms. The fourth-order valence-electron chi connectivity index (χ4n) is 1.88. The molecule has 0 bridgehead atoms. The van der Waals surface area contributed by atoms with Crippen molar-refractivity contribution in [2.45, 2.75) is 19.8 Å². The Kier molecular flexibility index (Phi) is 7.15. The van der Waals surface area contributed by atoms with Gasteiger partial charge in [0, 0.05) is 6.42 Å². The number of hydrogen-bond acceptors (Lipinski definition) is 5. The largest absolute Gasteiger partial charge is 0.484 e. The summed E-state index contributed by atoms with van der Waals surface area (Å²) < 4.78 is 6.19. The first-order chi connectivity index (χ1) is 11.9. The Hall–Kier alpha value is -2.19. The van der Waals surface area contributed by atoms with Crippen LogP contribution in [0.3, 0.4) is 0 Å². The Morgan fingerprint density at radius 2 is 1.80 bits per heavy atom. The summed E-state index contributed by atoms with van der Waals surface area (Å²) in [5.41, 5.74) is 5.65. The maximum atomic E-state index is 11.8. The number of amides is 2. The Bertz CT molecular complexity index is 758. The molecule has 2 aromatic rings. The predicted octanol–water partition coefficient (Wildman–Crippen LogP) is 2.87. The van der Waals surface area contributed by atoms with Gasteiger partial charge in [-0.05, 0) is 59.1 Å². The molecule has 2 rings (SSSR count). The highest BCUT2D eigenvalue weighted by atomic mass is 79.9. The summed E-state index contributed by atoms with van der Waals surface area (Å²) in [6.45, 7) is 1.34. The number of ether oxygens (including phenoxy) is 1. The number of ketones is 1. The fourth-order valence-corrected chi connectivity index (χ4v) is 3.16. The van der Waals surface area contributed by atoms with Crippen LogP contribution in [-0.2, 0) is 16.0 Å². The molecule has 25 heavy (non-hydrogen) atoms. The van der Waals surface area contributed by atoms with Crippen LogP contribution in [0.2, 0.25) is 0 Å². The lowest BCUT2D eigenvalue weighted by atomic mass is 10.1. The van der Waals surface area contributed by atoms with Crippen molar-refractivity contribution in [3.8, 4) is 5.75 Å². The second-order valence-corrected chi connectivity index (χ2v) is 7.70. The molecule has 132 valence electrons. The maximum absolute atomic E-state index is 11.8. The van der Waals surface area contributed by atoms with E-state index in [1.165, 1.54) is 11.3 Å². The van der Waals surface area contributed by atoms with Crippen LogP contribution in [0, 0.1) is 0 Å². The van der Waals surface area contributed by atoms with Crippen LogP contribution in [-0.4, -0.2) is 24.2 Å². The Labute approximate surface area is 157 Å². The predicted molar refractivity (Wildman–Crippen MR) is 98.6 cm³/mol. The number of nitrogens with one attached hydrogen (secondary N) is 2. The first-order valence-electron chi connectivity index (χ1n) is 7.50. The molecule has 1 heterocycles. The zero-order chi connectivity index (χ0) is 18.2. The zero-order valence-corrected chi connectivity index (χ0v) is 15.9. The fraction of sp³-hybridized carbons (Fsp3) is 0.235. The second kappa shape index (κ2) is 9.33. The highest BCUT2D eigenvalue weighted by Gasteiger charge is 2.10. The Morgan fingerprint density at radius 1 is 1.08 bits per heavy atom. The third-order valence-corrected chi connectivity index (χ3v) is 4.79. The monoisotopic (exact) mass is 424 g/mol. The van der Waals surface area contributed by atoms with Gasteiger partial charge in [0.25, 0.3) is 11.8 Å². The lowest BCUT2D eigenvalue weighted by Crippen LogP contribution is -2.43. The minimum Gasteiger partial charge on any atom is -0.484 e. The molecule has 6 nitrogen and oxygen atoms in total. The molecule has 0 atom stereocenters. The summed E-state index contributed by atoms with van der Waals surface area (Å²) in [7, 11) is 0. The van der Waals surface area contributed by atoms with E-state index in [2.05, 4.69) is 26.8 Å². The number of thiophene rings is 1. The smallest absolute Gasteiger partial charge is 0.279 e. The molecule has 0 aliphatic carbocycles. The van der Waals surface area contributed by atoms with E-state index >= 15 is 0 Å². The normalized spacial score (nSPS) is 10.2. The topological polar surface area (TPSA) is 84.5 Å². The standard InChI is InChI=1S/C17H17BrN2O4S/c1-11(21)2-3-12-4-6-13(7-5-12)24-10-16(22)19-20-17(23)14-8-9-15(18)25-14/h4-9H,2-3,10H2,1H3,(H,19,22)(H,20,23). The first kappa shape index (κ1) is 19.1. The average Bonchev–Trinajstić information content (AvgIpc) is 3.03. The Balaban J connectivity index is 1.72. The molecule has 1 aromatic carbocycles. The lowest BCUT2D eigenvalue weighted by Gasteiger charge is -2.08. The summed E-state index contributed by atoms with van der Waals surface area (Å²) >= 11 is 4.53. The van der Waals surface area contributed by atoms with Crippen LogP contribution in [0.1, 0.15) is 28.6 Å². The summed E-state index contributed by atoms with van der Waals surface area (Å²) in [5, 5.41) is 0. The minimum atomic E-state index is -0.468. The number of halogens is 1. The molecule has 0 aliphatic heterocycles. The molecule has 0 fully saturated rings. The number of hydrogen-bond donors (Lipinski definition) is 2. The van der Waals surface area contributed by atoms with Gasteiger partial charge >= 0.3 is 0 Å². The van der Waals surface area contributed by atoms with E-state index in [-0.39, 0.29) is 18.3 Å². The van der Waals surface area contributed by atoms with Crippen LogP contribution in [0.5, 0.6) is 5.75 Å². The number of Topliss-reactive ketones (excluding diaryl/α,β-unsaturated/α-hetero) is 1. The molecular formula is C17H17BrN2O4S. The second-order valence-electron chi connectivity index (χ2n) is 5.24. The van der Waals surface area contributed by atoms with Gasteiger partial charge in [0.1, 0.15) is 11.5 Å². The third kappa shape index (κ3) is 6.67.